The second kappa shape index (κ2) is 6.51. The molecule has 1 fully saturated rings. The summed E-state index contributed by atoms with van der Waals surface area (Å²) in [7, 11) is 0. The van der Waals surface area contributed by atoms with Crippen molar-refractivity contribution in [1.29, 1.82) is 0 Å². The Morgan fingerprint density at radius 1 is 0.826 bits per heavy atom. The highest BCUT2D eigenvalue weighted by molar-refractivity contribution is 5.42. The van der Waals surface area contributed by atoms with E-state index in [2.05, 4.69) is 65.0 Å². The normalized spacial score (nSPS) is 20.9. The molecule has 122 valence electrons. The summed E-state index contributed by atoms with van der Waals surface area (Å²) >= 11 is 0. The molecule has 2 aromatic rings. The Hall–Kier alpha value is -1.56. The molecule has 2 aromatic carbocycles. The monoisotopic (exact) mass is 306 g/mol. The highest BCUT2D eigenvalue weighted by Gasteiger charge is 2.29. The smallest absolute Gasteiger partial charge is 0.0153 e. The van der Waals surface area contributed by atoms with E-state index in [1.54, 1.807) is 16.7 Å². The maximum atomic E-state index is 2.45. The molecule has 3 rings (SSSR count). The zero-order valence-electron chi connectivity index (χ0n) is 15.4. The van der Waals surface area contributed by atoms with Crippen LogP contribution in [0, 0.1) is 27.7 Å². The lowest BCUT2D eigenvalue weighted by molar-refractivity contribution is 0.678. The predicted molar refractivity (Wildman–Crippen MR) is 101 cm³/mol. The molecule has 1 aliphatic carbocycles. The van der Waals surface area contributed by atoms with Gasteiger partial charge in [0.25, 0.3) is 0 Å². The Balaban J connectivity index is 1.88. The number of rotatable bonds is 3. The van der Waals surface area contributed by atoms with Crippen LogP contribution in [0.5, 0.6) is 0 Å². The van der Waals surface area contributed by atoms with Crippen LogP contribution in [0.25, 0.3) is 0 Å². The van der Waals surface area contributed by atoms with Crippen molar-refractivity contribution in [2.75, 3.05) is 0 Å². The molecule has 2 unspecified atom stereocenters. The Morgan fingerprint density at radius 3 is 2.17 bits per heavy atom. The van der Waals surface area contributed by atoms with Crippen LogP contribution in [-0.4, -0.2) is 0 Å². The van der Waals surface area contributed by atoms with E-state index >= 15 is 0 Å². The van der Waals surface area contributed by atoms with Crippen molar-refractivity contribution in [2.24, 2.45) is 0 Å². The Morgan fingerprint density at radius 2 is 1.48 bits per heavy atom. The first kappa shape index (κ1) is 16.3. The summed E-state index contributed by atoms with van der Waals surface area (Å²) in [5, 5.41) is 0. The van der Waals surface area contributed by atoms with Crippen LogP contribution >= 0.6 is 0 Å². The zero-order valence-corrected chi connectivity index (χ0v) is 15.4. The van der Waals surface area contributed by atoms with Crippen molar-refractivity contribution in [3.05, 3.63) is 69.3 Å². The van der Waals surface area contributed by atoms with Crippen LogP contribution in [0.4, 0.5) is 0 Å². The van der Waals surface area contributed by atoms with E-state index < -0.39 is 0 Å². The third-order valence-electron chi connectivity index (χ3n) is 5.83. The third kappa shape index (κ3) is 3.22. The molecule has 0 spiro atoms. The summed E-state index contributed by atoms with van der Waals surface area (Å²) in [5.74, 6) is 1.48. The van der Waals surface area contributed by atoms with Gasteiger partial charge in [-0.1, -0.05) is 48.4 Å². The molecule has 0 bridgehead atoms. The van der Waals surface area contributed by atoms with Gasteiger partial charge in [0.2, 0.25) is 0 Å². The first-order chi connectivity index (χ1) is 11.0. The van der Waals surface area contributed by atoms with Gasteiger partial charge in [0, 0.05) is 0 Å². The molecule has 23 heavy (non-hydrogen) atoms. The van der Waals surface area contributed by atoms with E-state index in [0.717, 1.165) is 18.3 Å². The largest absolute Gasteiger partial charge is 0.0613 e. The molecule has 0 N–H and O–H groups in total. The van der Waals surface area contributed by atoms with E-state index in [-0.39, 0.29) is 0 Å². The molecule has 1 saturated carbocycles. The molecular formula is C23H30. The molecule has 2 atom stereocenters. The molecule has 0 nitrogen and oxygen atoms in total. The minimum atomic E-state index is 0.741. The van der Waals surface area contributed by atoms with Crippen LogP contribution in [0.1, 0.15) is 77.0 Å². The highest BCUT2D eigenvalue weighted by Crippen LogP contribution is 2.45. The van der Waals surface area contributed by atoms with Crippen LogP contribution in [0.3, 0.4) is 0 Å². The first-order valence-electron chi connectivity index (χ1n) is 9.16. The Kier molecular flexibility index (Phi) is 4.62. The Bertz CT molecular complexity index is 708. The summed E-state index contributed by atoms with van der Waals surface area (Å²) in [6.45, 7) is 11.3. The van der Waals surface area contributed by atoms with Gasteiger partial charge < -0.3 is 0 Å². The molecule has 1 aliphatic rings. The molecule has 0 amide bonds. The third-order valence-corrected chi connectivity index (χ3v) is 5.83. The van der Waals surface area contributed by atoms with Gasteiger partial charge in [0.15, 0.2) is 0 Å². The average molecular weight is 306 g/mol. The van der Waals surface area contributed by atoms with Gasteiger partial charge in [0.05, 0.1) is 0 Å². The lowest BCUT2D eigenvalue weighted by Gasteiger charge is -2.19. The number of benzene rings is 2. The second-order valence-electron chi connectivity index (χ2n) is 7.56. The standard InChI is InChI=1S/C23H30/c1-6-19-11-16(3)13-23(18(19)5)21-10-9-20(14-21)22-12-15(2)7-8-17(22)4/h7-8,11-13,20-21H,6,9-10,14H2,1-5H3. The van der Waals surface area contributed by atoms with Gasteiger partial charge >= 0.3 is 0 Å². The number of hydrogen-bond donors (Lipinski definition) is 0. The predicted octanol–water partition coefficient (Wildman–Crippen LogP) is 6.53. The fourth-order valence-electron chi connectivity index (χ4n) is 4.50. The van der Waals surface area contributed by atoms with Crippen LogP contribution < -0.4 is 0 Å². The quantitative estimate of drug-likeness (QED) is 0.604. The molecule has 0 heteroatoms. The maximum Gasteiger partial charge on any atom is -0.0153 e. The fraction of sp³-hybridized carbons (Fsp3) is 0.478. The molecule has 0 aliphatic heterocycles. The molecule has 0 radical (unpaired) electrons. The fourth-order valence-corrected chi connectivity index (χ4v) is 4.50. The van der Waals surface area contributed by atoms with Gasteiger partial charge in [-0.25, -0.2) is 0 Å². The van der Waals surface area contributed by atoms with Crippen LogP contribution in [0.15, 0.2) is 30.3 Å². The SMILES string of the molecule is CCc1cc(C)cc(C2CCC(c3cc(C)ccc3C)C2)c1C. The van der Waals surface area contributed by atoms with E-state index in [1.165, 1.54) is 41.5 Å². The summed E-state index contributed by atoms with van der Waals surface area (Å²) < 4.78 is 0. The second-order valence-corrected chi connectivity index (χ2v) is 7.56. The van der Waals surface area contributed by atoms with Gasteiger partial charge in [0.1, 0.15) is 0 Å². The molecule has 0 aromatic heterocycles. The first-order valence-corrected chi connectivity index (χ1v) is 9.16. The van der Waals surface area contributed by atoms with Gasteiger partial charge in [-0.2, -0.15) is 0 Å². The summed E-state index contributed by atoms with van der Waals surface area (Å²) in [4.78, 5) is 0. The summed E-state index contributed by atoms with van der Waals surface area (Å²) in [6.07, 6.45) is 5.14. The van der Waals surface area contributed by atoms with E-state index in [4.69, 9.17) is 0 Å². The van der Waals surface area contributed by atoms with E-state index in [9.17, 15) is 0 Å². The molecule has 0 saturated heterocycles. The topological polar surface area (TPSA) is 0 Å². The minimum absolute atomic E-state index is 0.741. The maximum absolute atomic E-state index is 2.45. The van der Waals surface area contributed by atoms with Gasteiger partial charge in [-0.3, -0.25) is 0 Å². The molecule has 0 heterocycles. The Labute approximate surface area is 141 Å². The number of aryl methyl sites for hydroxylation is 4. The van der Waals surface area contributed by atoms with Gasteiger partial charge in [-0.15, -0.1) is 0 Å². The van der Waals surface area contributed by atoms with E-state index in [0.29, 0.717) is 0 Å². The minimum Gasteiger partial charge on any atom is -0.0613 e. The molecular weight excluding hydrogens is 276 g/mol. The van der Waals surface area contributed by atoms with Crippen molar-refractivity contribution in [2.45, 2.75) is 72.1 Å². The van der Waals surface area contributed by atoms with E-state index in [1.807, 2.05) is 0 Å². The van der Waals surface area contributed by atoms with Crippen molar-refractivity contribution in [3.8, 4) is 0 Å². The number of hydrogen-bond acceptors (Lipinski definition) is 0. The van der Waals surface area contributed by atoms with Crippen molar-refractivity contribution in [1.82, 2.24) is 0 Å². The summed E-state index contributed by atoms with van der Waals surface area (Å²) in [6, 6.07) is 11.8. The van der Waals surface area contributed by atoms with Crippen LogP contribution in [0.2, 0.25) is 0 Å². The lowest BCUT2D eigenvalue weighted by atomic mass is 9.86. The lowest BCUT2D eigenvalue weighted by Crippen LogP contribution is -2.02. The van der Waals surface area contributed by atoms with Crippen molar-refractivity contribution in [3.63, 3.8) is 0 Å². The summed E-state index contributed by atoms with van der Waals surface area (Å²) in [5.41, 5.74) is 10.6. The van der Waals surface area contributed by atoms with Crippen LogP contribution in [-0.2, 0) is 6.42 Å². The van der Waals surface area contributed by atoms with Crippen molar-refractivity contribution >= 4 is 0 Å². The zero-order chi connectivity index (χ0) is 16.6. The highest BCUT2D eigenvalue weighted by atomic mass is 14.3. The average Bonchev–Trinajstić information content (AvgIpc) is 3.01. The van der Waals surface area contributed by atoms with Gasteiger partial charge in [-0.05, 0) is 93.0 Å². The van der Waals surface area contributed by atoms with Crippen molar-refractivity contribution < 1.29 is 0 Å².